The van der Waals surface area contributed by atoms with Crippen LogP contribution in [0.2, 0.25) is 0 Å². The third-order valence-corrected chi connectivity index (χ3v) is 6.30. The first-order valence-corrected chi connectivity index (χ1v) is 10.8. The number of piperidine rings is 1. The van der Waals surface area contributed by atoms with Crippen molar-refractivity contribution in [3.63, 3.8) is 0 Å². The fraction of sp³-hybridized carbons (Fsp3) is 0.286. The second-order valence-electron chi connectivity index (χ2n) is 7.51. The Hall–Kier alpha value is -3.40. The Bertz CT molecular complexity index is 1200. The number of rotatable bonds is 5. The van der Waals surface area contributed by atoms with Gasteiger partial charge in [0.25, 0.3) is 5.91 Å². The van der Waals surface area contributed by atoms with Crippen molar-refractivity contribution in [3.8, 4) is 0 Å². The number of anilines is 1. The minimum Gasteiger partial charge on any atom is -0.362 e. The molecule has 4 heterocycles. The number of benzene rings is 1. The largest absolute Gasteiger partial charge is 0.362 e. The lowest BCUT2D eigenvalue weighted by Crippen LogP contribution is -2.44. The summed E-state index contributed by atoms with van der Waals surface area (Å²) in [6.07, 6.45) is 9.90. The highest BCUT2D eigenvalue weighted by Gasteiger charge is 2.24. The molecule has 0 unspecified atom stereocenters. The normalized spacial score (nSPS) is 14.8. The number of amides is 1. The van der Waals surface area contributed by atoms with Crippen LogP contribution in [0.3, 0.4) is 0 Å². The van der Waals surface area contributed by atoms with E-state index in [1.54, 1.807) is 43.2 Å². The molecule has 0 radical (unpaired) electrons. The maximum atomic E-state index is 13.6. The van der Waals surface area contributed by atoms with Gasteiger partial charge in [-0.25, -0.2) is 9.37 Å². The van der Waals surface area contributed by atoms with Crippen LogP contribution in [-0.2, 0) is 6.54 Å². The van der Waals surface area contributed by atoms with Gasteiger partial charge in [0.05, 0.1) is 30.3 Å². The number of nitrogens with zero attached hydrogens (tertiary/aromatic N) is 6. The predicted molar refractivity (Wildman–Crippen MR) is 116 cm³/mol. The molecule has 1 fully saturated rings. The van der Waals surface area contributed by atoms with Crippen LogP contribution in [0.1, 0.15) is 29.0 Å². The molecule has 0 saturated carbocycles. The number of fused-ring (bicyclic) bond motifs is 1. The zero-order valence-corrected chi connectivity index (χ0v) is 17.4. The van der Waals surface area contributed by atoms with E-state index < -0.39 is 0 Å². The molecule has 1 amide bonds. The molecule has 31 heavy (non-hydrogen) atoms. The maximum Gasteiger partial charge on any atom is 0.271 e. The van der Waals surface area contributed by atoms with Gasteiger partial charge in [-0.2, -0.15) is 4.37 Å². The van der Waals surface area contributed by atoms with Crippen molar-refractivity contribution in [3.05, 3.63) is 66.5 Å². The number of hydrogen-bond acceptors (Lipinski definition) is 7. The summed E-state index contributed by atoms with van der Waals surface area (Å²) in [5.74, 6) is -0.434. The molecule has 0 atom stereocenters. The van der Waals surface area contributed by atoms with Gasteiger partial charge in [-0.15, -0.1) is 0 Å². The molecule has 1 aromatic carbocycles. The van der Waals surface area contributed by atoms with Gasteiger partial charge < -0.3 is 14.8 Å². The second-order valence-corrected chi connectivity index (χ2v) is 8.26. The van der Waals surface area contributed by atoms with Crippen LogP contribution in [0.5, 0.6) is 0 Å². The molecule has 1 N–H and O–H groups in total. The molecule has 4 aromatic rings. The molecule has 1 aliphatic rings. The summed E-state index contributed by atoms with van der Waals surface area (Å²) in [6, 6.07) is 4.76. The molecule has 8 nitrogen and oxygen atoms in total. The number of aromatic nitrogens is 5. The van der Waals surface area contributed by atoms with E-state index in [9.17, 15) is 9.18 Å². The number of carbonyl (C=O) groups excluding carboxylic acids is 1. The lowest BCUT2D eigenvalue weighted by Gasteiger charge is -2.32. The van der Waals surface area contributed by atoms with Gasteiger partial charge in [-0.1, -0.05) is 0 Å². The maximum absolute atomic E-state index is 13.6. The molecule has 5 rings (SSSR count). The van der Waals surface area contributed by atoms with Crippen molar-refractivity contribution in [2.75, 3.05) is 18.0 Å². The first-order chi connectivity index (χ1) is 15.2. The Labute approximate surface area is 181 Å². The van der Waals surface area contributed by atoms with Gasteiger partial charge in [0, 0.05) is 43.1 Å². The van der Waals surface area contributed by atoms with E-state index >= 15 is 0 Å². The Kier molecular flexibility index (Phi) is 5.29. The number of carbonyl (C=O) groups is 1. The van der Waals surface area contributed by atoms with E-state index in [4.69, 9.17) is 0 Å². The standard InChI is InChI=1S/C21H20FN7OS/c22-14-1-2-18-17(9-14)21(31-27-18)29-7-3-15(4-8-29)26-20(30)19-12-28(13-25-19)11-16-10-23-5-6-24-16/h1-2,5-6,9-10,12-13,15H,3-4,7-8,11H2,(H,26,30). The number of imidazole rings is 1. The third kappa shape index (κ3) is 4.24. The highest BCUT2D eigenvalue weighted by Crippen LogP contribution is 2.33. The van der Waals surface area contributed by atoms with Crippen molar-refractivity contribution < 1.29 is 9.18 Å². The fourth-order valence-electron chi connectivity index (χ4n) is 3.78. The van der Waals surface area contributed by atoms with Crippen LogP contribution < -0.4 is 10.2 Å². The smallest absolute Gasteiger partial charge is 0.271 e. The van der Waals surface area contributed by atoms with E-state index in [-0.39, 0.29) is 17.8 Å². The summed E-state index contributed by atoms with van der Waals surface area (Å²) < 4.78 is 19.9. The lowest BCUT2D eigenvalue weighted by molar-refractivity contribution is 0.0926. The van der Waals surface area contributed by atoms with E-state index in [1.807, 2.05) is 4.57 Å². The molecule has 0 aliphatic carbocycles. The Morgan fingerprint density at radius 1 is 1.23 bits per heavy atom. The Morgan fingerprint density at radius 2 is 2.10 bits per heavy atom. The summed E-state index contributed by atoms with van der Waals surface area (Å²) in [6.45, 7) is 2.07. The summed E-state index contributed by atoms with van der Waals surface area (Å²) >= 11 is 1.39. The minimum absolute atomic E-state index is 0.0739. The highest BCUT2D eigenvalue weighted by atomic mass is 32.1. The average molecular weight is 438 g/mol. The molecule has 158 valence electrons. The van der Waals surface area contributed by atoms with Crippen LogP contribution in [-0.4, -0.2) is 48.9 Å². The second kappa shape index (κ2) is 8.38. The van der Waals surface area contributed by atoms with Gasteiger partial charge >= 0.3 is 0 Å². The van der Waals surface area contributed by atoms with E-state index in [1.165, 1.54) is 17.6 Å². The summed E-state index contributed by atoms with van der Waals surface area (Å²) in [4.78, 5) is 27.3. The van der Waals surface area contributed by atoms with Crippen LogP contribution in [0.4, 0.5) is 9.39 Å². The van der Waals surface area contributed by atoms with Crippen LogP contribution in [0, 0.1) is 5.82 Å². The van der Waals surface area contributed by atoms with Crippen molar-refractivity contribution in [1.82, 2.24) is 29.2 Å². The van der Waals surface area contributed by atoms with Gasteiger partial charge in [-0.3, -0.25) is 14.8 Å². The molecule has 10 heteroatoms. The summed E-state index contributed by atoms with van der Waals surface area (Å²) in [7, 11) is 0. The van der Waals surface area contributed by atoms with Gasteiger partial charge in [0.1, 0.15) is 16.5 Å². The number of halogens is 1. The zero-order chi connectivity index (χ0) is 21.2. The SMILES string of the molecule is O=C(NC1CCN(c2snc3ccc(F)cc23)CC1)c1cn(Cc2cnccn2)cn1. The van der Waals surface area contributed by atoms with Crippen LogP contribution in [0.15, 0.2) is 49.3 Å². The zero-order valence-electron chi connectivity index (χ0n) is 16.6. The lowest BCUT2D eigenvalue weighted by atomic mass is 10.0. The summed E-state index contributed by atoms with van der Waals surface area (Å²) in [5, 5.41) is 4.92. The monoisotopic (exact) mass is 437 g/mol. The first-order valence-electron chi connectivity index (χ1n) is 10.0. The molecular formula is C21H20FN7OS. The molecule has 1 saturated heterocycles. The van der Waals surface area contributed by atoms with Gasteiger partial charge in [0.2, 0.25) is 0 Å². The van der Waals surface area contributed by atoms with Crippen molar-refractivity contribution in [2.45, 2.75) is 25.4 Å². The minimum atomic E-state index is -0.255. The van der Waals surface area contributed by atoms with Crippen molar-refractivity contribution >= 4 is 33.3 Å². The summed E-state index contributed by atoms with van der Waals surface area (Å²) in [5.41, 5.74) is 2.00. The van der Waals surface area contributed by atoms with E-state index in [0.29, 0.717) is 12.2 Å². The molecule has 0 bridgehead atoms. The topological polar surface area (TPSA) is 88.8 Å². The molecule has 3 aromatic heterocycles. The van der Waals surface area contributed by atoms with Crippen molar-refractivity contribution in [1.29, 1.82) is 0 Å². The van der Waals surface area contributed by atoms with Crippen LogP contribution in [0.25, 0.3) is 10.9 Å². The first kappa shape index (κ1) is 19.6. The predicted octanol–water partition coefficient (Wildman–Crippen LogP) is 2.87. The Morgan fingerprint density at radius 3 is 2.90 bits per heavy atom. The number of hydrogen-bond donors (Lipinski definition) is 1. The third-order valence-electron chi connectivity index (χ3n) is 5.36. The number of nitrogens with one attached hydrogen (secondary N) is 1. The van der Waals surface area contributed by atoms with Gasteiger partial charge in [-0.05, 0) is 42.6 Å². The molecule has 0 spiro atoms. The molecular weight excluding hydrogens is 417 g/mol. The van der Waals surface area contributed by atoms with E-state index in [0.717, 1.165) is 47.5 Å². The quantitative estimate of drug-likeness (QED) is 0.517. The van der Waals surface area contributed by atoms with Gasteiger partial charge in [0.15, 0.2) is 0 Å². The van der Waals surface area contributed by atoms with Crippen LogP contribution >= 0.6 is 11.5 Å². The highest BCUT2D eigenvalue weighted by molar-refractivity contribution is 7.11. The van der Waals surface area contributed by atoms with Crippen molar-refractivity contribution in [2.24, 2.45) is 0 Å². The fourth-order valence-corrected chi connectivity index (χ4v) is 4.68. The Balaban J connectivity index is 1.18. The average Bonchev–Trinajstić information content (AvgIpc) is 3.42. The van der Waals surface area contributed by atoms with E-state index in [2.05, 4.69) is 29.5 Å². The molecule has 1 aliphatic heterocycles.